The first-order valence-electron chi connectivity index (χ1n) is 28.7. The van der Waals surface area contributed by atoms with Gasteiger partial charge in [0.15, 0.2) is 0 Å². The van der Waals surface area contributed by atoms with E-state index in [1.165, 1.54) is 216 Å². The highest BCUT2D eigenvalue weighted by Gasteiger charge is 2.06. The van der Waals surface area contributed by atoms with Crippen molar-refractivity contribution in [3.63, 3.8) is 0 Å². The average molecular weight is 974 g/mol. The van der Waals surface area contributed by atoms with Crippen LogP contribution >= 0.6 is 0 Å². The molecular weight excluding hydrogens is 865 g/mol. The summed E-state index contributed by atoms with van der Waals surface area (Å²) < 4.78 is 0. The summed E-state index contributed by atoms with van der Waals surface area (Å²) in [4.78, 5) is 0. The van der Waals surface area contributed by atoms with Crippen molar-refractivity contribution >= 4 is 0 Å². The van der Waals surface area contributed by atoms with E-state index in [9.17, 15) is 0 Å². The molecule has 2 unspecified atom stereocenters. The maximum absolute atomic E-state index is 3.91. The highest BCUT2D eigenvalue weighted by atomic mass is 14.1. The summed E-state index contributed by atoms with van der Waals surface area (Å²) in [7, 11) is 0. The van der Waals surface area contributed by atoms with Gasteiger partial charge in [0.2, 0.25) is 0 Å². The molecule has 1 saturated carbocycles. The lowest BCUT2D eigenvalue weighted by Crippen LogP contribution is -1.96. The summed E-state index contributed by atoms with van der Waals surface area (Å²) in [5.41, 5.74) is 16.3. The Bertz CT molecular complexity index is 1910. The van der Waals surface area contributed by atoms with Gasteiger partial charge in [-0.15, -0.1) is 13.2 Å². The fourth-order valence-electron chi connectivity index (χ4n) is 8.60. The van der Waals surface area contributed by atoms with Crippen molar-refractivity contribution in [1.29, 1.82) is 0 Å². The van der Waals surface area contributed by atoms with Gasteiger partial charge in [-0.2, -0.15) is 0 Å². The van der Waals surface area contributed by atoms with Crippen molar-refractivity contribution < 1.29 is 0 Å². The molecule has 0 bridgehead atoms. The molecule has 0 aromatic rings. The zero-order valence-electron chi connectivity index (χ0n) is 48.1. The molecule has 9 aliphatic rings. The van der Waals surface area contributed by atoms with E-state index in [0.29, 0.717) is 5.92 Å². The zero-order chi connectivity index (χ0) is 53.0. The van der Waals surface area contributed by atoms with Gasteiger partial charge in [0.1, 0.15) is 0 Å². The predicted octanol–water partition coefficient (Wildman–Crippen LogP) is 23.8. The highest BCUT2D eigenvalue weighted by Crippen LogP contribution is 2.25. The van der Waals surface area contributed by atoms with E-state index in [2.05, 4.69) is 198 Å². The normalized spacial score (nSPS) is 22.1. The number of hydrogen-bond donors (Lipinski definition) is 0. The van der Waals surface area contributed by atoms with Crippen molar-refractivity contribution in [3.8, 4) is 0 Å². The van der Waals surface area contributed by atoms with Gasteiger partial charge in [-0.05, 0) is 227 Å². The molecular formula is C72H108. The molecule has 0 amide bonds. The van der Waals surface area contributed by atoms with Crippen LogP contribution in [0.4, 0.5) is 0 Å². The summed E-state index contributed by atoms with van der Waals surface area (Å²) in [6, 6.07) is 0. The summed E-state index contributed by atoms with van der Waals surface area (Å²) in [6.07, 6.45) is 76.9. The monoisotopic (exact) mass is 973 g/mol. The first-order valence-corrected chi connectivity index (χ1v) is 28.7. The minimum Gasteiger partial charge on any atom is -0.103 e. The Balaban J connectivity index is 0.000000405. The molecule has 0 heterocycles. The van der Waals surface area contributed by atoms with Crippen molar-refractivity contribution in [3.05, 3.63) is 216 Å². The van der Waals surface area contributed by atoms with Crippen LogP contribution in [-0.4, -0.2) is 0 Å². The molecule has 0 aromatic heterocycles. The van der Waals surface area contributed by atoms with Gasteiger partial charge >= 0.3 is 0 Å². The second kappa shape index (κ2) is 43.9. The molecule has 396 valence electrons. The SMILES string of the molecule is C/C=C1\C=CCCC1.C=C1CCC(=C)CC1.C=CC1=CCCCC1.C=CC1C=CCCC1.C=CC1CC=CCC1.CC1=CC=C(C)CC1.CC1=CCC(C)=CC1.CC1=CCCC=C1C.CCC1=CCC=CC1. The summed E-state index contributed by atoms with van der Waals surface area (Å²) in [5.74, 6) is 1.43. The van der Waals surface area contributed by atoms with E-state index in [1.54, 1.807) is 5.57 Å². The van der Waals surface area contributed by atoms with Crippen LogP contribution in [0.25, 0.3) is 0 Å². The molecule has 0 heteroatoms. The van der Waals surface area contributed by atoms with Crippen LogP contribution in [-0.2, 0) is 0 Å². The Morgan fingerprint density at radius 2 is 1.14 bits per heavy atom. The fraction of sp³-hybridized carbons (Fsp3) is 0.500. The Morgan fingerprint density at radius 3 is 1.46 bits per heavy atom. The minimum atomic E-state index is 0.670. The molecule has 0 spiro atoms. The smallest absolute Gasteiger partial charge is 0.00561 e. The lowest BCUT2D eigenvalue weighted by molar-refractivity contribution is 0.585. The molecule has 0 nitrogen and oxygen atoms in total. The topological polar surface area (TPSA) is 0 Å². The van der Waals surface area contributed by atoms with Crippen LogP contribution < -0.4 is 0 Å². The lowest BCUT2D eigenvalue weighted by Gasteiger charge is -2.13. The van der Waals surface area contributed by atoms with Crippen molar-refractivity contribution in [2.75, 3.05) is 0 Å². The van der Waals surface area contributed by atoms with Gasteiger partial charge < -0.3 is 0 Å². The molecule has 0 aromatic carbocycles. The second-order valence-electron chi connectivity index (χ2n) is 20.9. The quantitative estimate of drug-likeness (QED) is 0.246. The van der Waals surface area contributed by atoms with Gasteiger partial charge in [-0.25, -0.2) is 0 Å². The van der Waals surface area contributed by atoms with Crippen LogP contribution in [0.15, 0.2) is 216 Å². The Morgan fingerprint density at radius 1 is 0.514 bits per heavy atom. The zero-order valence-corrected chi connectivity index (χ0v) is 48.1. The molecule has 0 radical (unpaired) electrons. The van der Waals surface area contributed by atoms with Crippen LogP contribution in [0.1, 0.15) is 222 Å². The van der Waals surface area contributed by atoms with E-state index in [-0.39, 0.29) is 0 Å². The molecule has 9 aliphatic carbocycles. The van der Waals surface area contributed by atoms with Crippen LogP contribution in [0.2, 0.25) is 0 Å². The third-order valence-electron chi connectivity index (χ3n) is 14.4. The van der Waals surface area contributed by atoms with E-state index >= 15 is 0 Å². The Kier molecular flexibility index (Phi) is 39.8. The van der Waals surface area contributed by atoms with E-state index < -0.39 is 0 Å². The molecule has 0 aliphatic heterocycles. The number of hydrogen-bond acceptors (Lipinski definition) is 0. The number of allylic oxidation sites excluding steroid dienone is 31. The van der Waals surface area contributed by atoms with Gasteiger partial charge in [-0.3, -0.25) is 0 Å². The largest absolute Gasteiger partial charge is 0.103 e. The lowest BCUT2D eigenvalue weighted by atomic mass is 9.93. The van der Waals surface area contributed by atoms with Gasteiger partial charge in [0, 0.05) is 0 Å². The summed E-state index contributed by atoms with van der Waals surface area (Å²) >= 11 is 0. The standard InChI is InChI=1S/9C8H12/c3*1-7-3-5-8(2)6-4-7;1-7-5-3-4-6-8(7)2;5*1-2-8-6-4-3-5-7-8/h3,6H,4-5H2,1-2H3;3,5H,4,6H2,1-2H3;1-6H2;5-6H,3-4H2,1-2H3;3-4,7H,2,5-6H2,1H3;2,4,6H,3,5,7H2,1H3;2,6H,1,3-5,7H2;2,4,6,8H,1,3,5,7H2;2-4,8H,1,5-7H2/b;;;;;8-2+;;;. The predicted molar refractivity (Wildman–Crippen MR) is 331 cm³/mol. The summed E-state index contributed by atoms with van der Waals surface area (Å²) in [5, 5.41) is 0. The molecule has 1 fully saturated rings. The van der Waals surface area contributed by atoms with Crippen LogP contribution in [0, 0.1) is 11.8 Å². The first kappa shape index (κ1) is 65.3. The van der Waals surface area contributed by atoms with Gasteiger partial charge in [0.05, 0.1) is 0 Å². The third kappa shape index (κ3) is 36.3. The summed E-state index contributed by atoms with van der Waals surface area (Å²) in [6.45, 7) is 36.4. The van der Waals surface area contributed by atoms with Crippen LogP contribution in [0.5, 0.6) is 0 Å². The number of rotatable bonds is 4. The first-order chi connectivity index (χ1) is 34.8. The third-order valence-corrected chi connectivity index (χ3v) is 14.4. The van der Waals surface area contributed by atoms with Gasteiger partial charge in [-0.1, -0.05) is 209 Å². The molecule has 0 saturated heterocycles. The van der Waals surface area contributed by atoms with Crippen LogP contribution in [0.3, 0.4) is 0 Å². The highest BCUT2D eigenvalue weighted by molar-refractivity contribution is 5.29. The van der Waals surface area contributed by atoms with E-state index in [4.69, 9.17) is 0 Å². The second-order valence-corrected chi connectivity index (χ2v) is 20.9. The van der Waals surface area contributed by atoms with E-state index in [1.807, 2.05) is 12.2 Å². The molecule has 72 heavy (non-hydrogen) atoms. The maximum atomic E-state index is 3.91. The van der Waals surface area contributed by atoms with E-state index in [0.717, 1.165) is 12.3 Å². The Hall–Kier alpha value is -4.68. The average Bonchev–Trinajstić information content (AvgIpc) is 3.44. The Labute approximate surface area is 447 Å². The molecule has 9 rings (SSSR count). The van der Waals surface area contributed by atoms with Crippen molar-refractivity contribution in [2.45, 2.75) is 222 Å². The fourth-order valence-corrected chi connectivity index (χ4v) is 8.60. The maximum Gasteiger partial charge on any atom is -0.00561 e. The minimum absolute atomic E-state index is 0.670. The molecule has 2 atom stereocenters. The molecule has 0 N–H and O–H groups in total. The van der Waals surface area contributed by atoms with Crippen molar-refractivity contribution in [2.24, 2.45) is 11.8 Å². The van der Waals surface area contributed by atoms with Crippen molar-refractivity contribution in [1.82, 2.24) is 0 Å². The van der Waals surface area contributed by atoms with Gasteiger partial charge in [0.25, 0.3) is 0 Å².